The van der Waals surface area contributed by atoms with Crippen molar-refractivity contribution < 1.29 is 0 Å². The molecule has 12 heavy (non-hydrogen) atoms. The summed E-state index contributed by atoms with van der Waals surface area (Å²) in [6.45, 7) is 6.30. The summed E-state index contributed by atoms with van der Waals surface area (Å²) in [5.41, 5.74) is 0.981. The highest BCUT2D eigenvalue weighted by molar-refractivity contribution is 5.36. The molecule has 0 radical (unpaired) electrons. The summed E-state index contributed by atoms with van der Waals surface area (Å²) >= 11 is 0. The molecule has 0 spiro atoms. The van der Waals surface area contributed by atoms with Crippen molar-refractivity contribution in [3.05, 3.63) is 18.2 Å². The first-order chi connectivity index (χ1) is 5.54. The molecular weight excluding hydrogens is 150 g/mol. The van der Waals surface area contributed by atoms with Crippen LogP contribution in [-0.2, 0) is 5.41 Å². The first kappa shape index (κ1) is 8.97. The van der Waals surface area contributed by atoms with Gasteiger partial charge < -0.3 is 5.32 Å². The summed E-state index contributed by atoms with van der Waals surface area (Å²) < 4.78 is 0. The van der Waals surface area contributed by atoms with E-state index in [9.17, 15) is 0 Å². The molecule has 1 N–H and O–H groups in total. The first-order valence-corrected chi connectivity index (χ1v) is 4.04. The van der Waals surface area contributed by atoms with Gasteiger partial charge in [0, 0.05) is 12.5 Å². The number of hydrogen-bond acceptors (Lipinski definition) is 3. The third-order valence-corrected chi connectivity index (χ3v) is 1.61. The monoisotopic (exact) mass is 165 g/mol. The van der Waals surface area contributed by atoms with Gasteiger partial charge in [0.2, 0.25) is 0 Å². The Morgan fingerprint density at radius 2 is 1.67 bits per heavy atom. The summed E-state index contributed by atoms with van der Waals surface area (Å²) in [4.78, 5) is 8.49. The van der Waals surface area contributed by atoms with Crippen LogP contribution in [-0.4, -0.2) is 17.0 Å². The zero-order chi connectivity index (χ0) is 9.19. The molecule has 0 aliphatic carbocycles. The molecule has 1 aromatic heterocycles. The van der Waals surface area contributed by atoms with E-state index in [0.29, 0.717) is 0 Å². The Hall–Kier alpha value is -1.12. The Labute approximate surface area is 73.2 Å². The lowest BCUT2D eigenvalue weighted by Crippen LogP contribution is -2.15. The van der Waals surface area contributed by atoms with Crippen LogP contribution in [0, 0.1) is 0 Å². The van der Waals surface area contributed by atoms with Crippen LogP contribution in [0.4, 0.5) is 5.69 Å². The van der Waals surface area contributed by atoms with Crippen LogP contribution < -0.4 is 5.32 Å². The molecule has 0 fully saturated rings. The largest absolute Gasteiger partial charge is 0.386 e. The predicted molar refractivity (Wildman–Crippen MR) is 50.3 cm³/mol. The van der Waals surface area contributed by atoms with E-state index in [0.717, 1.165) is 11.5 Å². The highest BCUT2D eigenvalue weighted by Crippen LogP contribution is 2.17. The predicted octanol–water partition coefficient (Wildman–Crippen LogP) is 1.82. The van der Waals surface area contributed by atoms with Crippen LogP contribution in [0.25, 0.3) is 0 Å². The minimum Gasteiger partial charge on any atom is -0.386 e. The van der Waals surface area contributed by atoms with E-state index in [1.54, 1.807) is 12.4 Å². The van der Waals surface area contributed by atoms with Gasteiger partial charge in [0.25, 0.3) is 0 Å². The van der Waals surface area contributed by atoms with Gasteiger partial charge in [-0.2, -0.15) is 0 Å². The van der Waals surface area contributed by atoms with Crippen molar-refractivity contribution >= 4 is 5.69 Å². The first-order valence-electron chi connectivity index (χ1n) is 4.04. The molecule has 1 heterocycles. The number of anilines is 1. The van der Waals surface area contributed by atoms with Crippen molar-refractivity contribution in [1.29, 1.82) is 0 Å². The molecule has 0 atom stereocenters. The fourth-order valence-corrected chi connectivity index (χ4v) is 0.844. The van der Waals surface area contributed by atoms with Crippen molar-refractivity contribution in [2.75, 3.05) is 12.4 Å². The van der Waals surface area contributed by atoms with Crippen LogP contribution in [0.3, 0.4) is 0 Å². The smallest absolute Gasteiger partial charge is 0.133 e. The van der Waals surface area contributed by atoms with Gasteiger partial charge in [0.05, 0.1) is 18.1 Å². The Balaban J connectivity index is 2.93. The maximum Gasteiger partial charge on any atom is 0.133 e. The molecule has 0 aliphatic rings. The Morgan fingerprint density at radius 3 is 2.00 bits per heavy atom. The molecule has 0 saturated carbocycles. The fourth-order valence-electron chi connectivity index (χ4n) is 0.844. The number of nitrogens with zero attached hydrogens (tertiary/aromatic N) is 2. The zero-order valence-electron chi connectivity index (χ0n) is 8.05. The second kappa shape index (κ2) is 3.09. The molecule has 3 heteroatoms. The summed E-state index contributed by atoms with van der Waals surface area (Å²) in [5, 5.41) is 2.98. The third kappa shape index (κ3) is 1.94. The summed E-state index contributed by atoms with van der Waals surface area (Å²) in [6.07, 6.45) is 3.60. The molecule has 0 saturated heterocycles. The molecule has 0 unspecified atom stereocenters. The van der Waals surface area contributed by atoms with Crippen molar-refractivity contribution in [2.24, 2.45) is 0 Å². The third-order valence-electron chi connectivity index (χ3n) is 1.61. The Kier molecular flexibility index (Phi) is 2.31. The lowest BCUT2D eigenvalue weighted by molar-refractivity contribution is 0.545. The second-order valence-corrected chi connectivity index (χ2v) is 3.80. The topological polar surface area (TPSA) is 37.8 Å². The summed E-state index contributed by atoms with van der Waals surface area (Å²) in [6, 6.07) is 0. The molecule has 1 aromatic rings. The number of aromatic nitrogens is 2. The highest BCUT2D eigenvalue weighted by Gasteiger charge is 2.16. The van der Waals surface area contributed by atoms with Crippen LogP contribution in [0.2, 0.25) is 0 Å². The maximum atomic E-state index is 4.25. The maximum absolute atomic E-state index is 4.25. The van der Waals surface area contributed by atoms with E-state index in [1.165, 1.54) is 0 Å². The van der Waals surface area contributed by atoms with Gasteiger partial charge in [-0.05, 0) is 0 Å². The lowest BCUT2D eigenvalue weighted by Gasteiger charge is -2.15. The van der Waals surface area contributed by atoms with Crippen LogP contribution in [0.15, 0.2) is 12.4 Å². The quantitative estimate of drug-likeness (QED) is 0.689. The summed E-state index contributed by atoms with van der Waals surface area (Å²) in [7, 11) is 1.86. The van der Waals surface area contributed by atoms with Crippen LogP contribution in [0.1, 0.15) is 26.6 Å². The van der Waals surface area contributed by atoms with Gasteiger partial charge >= 0.3 is 0 Å². The molecule has 66 valence electrons. The van der Waals surface area contributed by atoms with Gasteiger partial charge in [0.1, 0.15) is 5.82 Å². The average Bonchev–Trinajstić information content (AvgIpc) is 2.03. The molecule has 3 nitrogen and oxygen atoms in total. The van der Waals surface area contributed by atoms with Gasteiger partial charge in [0.15, 0.2) is 0 Å². The standard InChI is InChI=1S/C9H15N3/c1-9(2,3)8-11-5-7(10-4)6-12-8/h5-6,10H,1-4H3. The van der Waals surface area contributed by atoms with E-state index in [1.807, 2.05) is 7.05 Å². The summed E-state index contributed by atoms with van der Waals surface area (Å²) in [5.74, 6) is 0.876. The fraction of sp³-hybridized carbons (Fsp3) is 0.556. The van der Waals surface area contributed by atoms with Crippen molar-refractivity contribution in [3.8, 4) is 0 Å². The van der Waals surface area contributed by atoms with Crippen molar-refractivity contribution in [3.63, 3.8) is 0 Å². The van der Waals surface area contributed by atoms with E-state index in [2.05, 4.69) is 36.1 Å². The Bertz CT molecular complexity index is 245. The number of rotatable bonds is 1. The van der Waals surface area contributed by atoms with E-state index in [-0.39, 0.29) is 5.41 Å². The van der Waals surface area contributed by atoms with Crippen LogP contribution in [0.5, 0.6) is 0 Å². The number of hydrogen-bond donors (Lipinski definition) is 1. The highest BCUT2D eigenvalue weighted by atomic mass is 14.9. The second-order valence-electron chi connectivity index (χ2n) is 3.80. The molecule has 0 bridgehead atoms. The SMILES string of the molecule is CNc1cnc(C(C)(C)C)nc1. The van der Waals surface area contributed by atoms with Gasteiger partial charge in [-0.15, -0.1) is 0 Å². The molecule has 0 aromatic carbocycles. The van der Waals surface area contributed by atoms with Gasteiger partial charge in [-0.25, -0.2) is 9.97 Å². The van der Waals surface area contributed by atoms with Crippen LogP contribution >= 0.6 is 0 Å². The van der Waals surface area contributed by atoms with Gasteiger partial charge in [-0.1, -0.05) is 20.8 Å². The minimum absolute atomic E-state index is 0.0340. The average molecular weight is 165 g/mol. The molecule has 0 aliphatic heterocycles. The van der Waals surface area contributed by atoms with E-state index < -0.39 is 0 Å². The van der Waals surface area contributed by atoms with Crippen molar-refractivity contribution in [1.82, 2.24) is 9.97 Å². The Morgan fingerprint density at radius 1 is 1.17 bits per heavy atom. The molecule has 0 amide bonds. The minimum atomic E-state index is 0.0340. The van der Waals surface area contributed by atoms with E-state index >= 15 is 0 Å². The zero-order valence-corrected chi connectivity index (χ0v) is 8.05. The normalized spacial score (nSPS) is 11.3. The van der Waals surface area contributed by atoms with Gasteiger partial charge in [-0.3, -0.25) is 0 Å². The van der Waals surface area contributed by atoms with E-state index in [4.69, 9.17) is 0 Å². The van der Waals surface area contributed by atoms with Crippen molar-refractivity contribution in [2.45, 2.75) is 26.2 Å². The molecular formula is C9H15N3. The number of nitrogens with one attached hydrogen (secondary N) is 1. The lowest BCUT2D eigenvalue weighted by atomic mass is 9.96. The molecule has 1 rings (SSSR count).